The number of aryl methyl sites for hydroxylation is 2. The molecule has 1 unspecified atom stereocenters. The van der Waals surface area contributed by atoms with Gasteiger partial charge in [0.1, 0.15) is 6.61 Å². The Kier molecular flexibility index (Phi) is 8.36. The number of ether oxygens (including phenoxy) is 2. The number of nitrogens with two attached hydrogens (primary N) is 1. The highest BCUT2D eigenvalue weighted by molar-refractivity contribution is 8.00. The van der Waals surface area contributed by atoms with E-state index >= 15 is 0 Å². The van der Waals surface area contributed by atoms with Gasteiger partial charge in [-0.3, -0.25) is 4.72 Å². The van der Waals surface area contributed by atoms with Gasteiger partial charge in [0.05, 0.1) is 23.0 Å². The van der Waals surface area contributed by atoms with E-state index in [2.05, 4.69) is 23.6 Å². The summed E-state index contributed by atoms with van der Waals surface area (Å²) in [5.74, 6) is -0.206. The fraction of sp³-hybridized carbons (Fsp3) is 0.393. The Morgan fingerprint density at radius 1 is 1.22 bits per heavy atom. The molecular formula is C28H34N4O4S. The average Bonchev–Trinajstić information content (AvgIpc) is 3.19. The van der Waals surface area contributed by atoms with Crippen LogP contribution in [0, 0.1) is 13.8 Å². The van der Waals surface area contributed by atoms with Crippen molar-refractivity contribution in [2.24, 2.45) is 5.73 Å². The number of aromatic nitrogens is 2. The molecule has 0 spiro atoms. The monoisotopic (exact) mass is 522 g/mol. The van der Waals surface area contributed by atoms with E-state index in [0.29, 0.717) is 18.4 Å². The second-order valence-corrected chi connectivity index (χ2v) is 10.9. The largest absolute Gasteiger partial charge is 0.478 e. The molecule has 9 heteroatoms. The minimum atomic E-state index is -0.977. The lowest BCUT2D eigenvalue weighted by molar-refractivity contribution is -0.0221. The molecule has 8 nitrogen and oxygen atoms in total. The van der Waals surface area contributed by atoms with E-state index in [9.17, 15) is 9.90 Å². The van der Waals surface area contributed by atoms with Gasteiger partial charge in [-0.1, -0.05) is 24.3 Å². The third-order valence-electron chi connectivity index (χ3n) is 6.35. The predicted octanol–water partition coefficient (Wildman–Crippen LogP) is 5.63. The first kappa shape index (κ1) is 26.9. The lowest BCUT2D eigenvalue weighted by atomic mass is 10.00. The molecule has 1 saturated heterocycles. The maximum absolute atomic E-state index is 11.3. The Bertz CT molecular complexity index is 1250. The molecule has 0 bridgehead atoms. The highest BCUT2D eigenvalue weighted by Crippen LogP contribution is 2.32. The first-order valence-electron chi connectivity index (χ1n) is 12.4. The maximum Gasteiger partial charge on any atom is 0.335 e. The van der Waals surface area contributed by atoms with Crippen molar-refractivity contribution in [1.29, 1.82) is 0 Å². The Balaban J connectivity index is 1.52. The molecule has 196 valence electrons. The number of rotatable bonds is 10. The van der Waals surface area contributed by atoms with Gasteiger partial charge in [0, 0.05) is 22.6 Å². The van der Waals surface area contributed by atoms with E-state index in [-0.39, 0.29) is 23.3 Å². The zero-order chi connectivity index (χ0) is 26.6. The number of nitrogens with one attached hydrogen (secondary N) is 1. The number of hydrogen-bond acceptors (Lipinski definition) is 8. The molecule has 3 aromatic rings. The van der Waals surface area contributed by atoms with Crippen LogP contribution in [0.25, 0.3) is 11.3 Å². The van der Waals surface area contributed by atoms with Crippen LogP contribution in [0.3, 0.4) is 0 Å². The summed E-state index contributed by atoms with van der Waals surface area (Å²) >= 11 is 1.24. The number of nitrogens with zero attached hydrogens (tertiary/aromatic N) is 2. The van der Waals surface area contributed by atoms with Crippen LogP contribution in [0.15, 0.2) is 53.4 Å². The molecule has 2 heterocycles. The van der Waals surface area contributed by atoms with Crippen molar-refractivity contribution in [3.8, 4) is 17.1 Å². The molecule has 4 N–H and O–H groups in total. The third kappa shape index (κ3) is 7.21. The second kappa shape index (κ2) is 11.5. The van der Waals surface area contributed by atoms with Crippen LogP contribution in [-0.4, -0.2) is 45.4 Å². The molecule has 1 aliphatic rings. The van der Waals surface area contributed by atoms with Crippen LogP contribution < -0.4 is 15.2 Å². The predicted molar refractivity (Wildman–Crippen MR) is 146 cm³/mol. The highest BCUT2D eigenvalue weighted by Gasteiger charge is 2.32. The van der Waals surface area contributed by atoms with Crippen LogP contribution in [-0.2, 0) is 4.74 Å². The quantitative estimate of drug-likeness (QED) is 0.291. The lowest BCUT2D eigenvalue weighted by Gasteiger charge is -2.21. The summed E-state index contributed by atoms with van der Waals surface area (Å²) in [4.78, 5) is 21.3. The van der Waals surface area contributed by atoms with Gasteiger partial charge in [-0.15, -0.1) is 0 Å². The Morgan fingerprint density at radius 2 is 1.95 bits per heavy atom. The number of carbonyl (C=O) groups is 1. The topological polar surface area (TPSA) is 120 Å². The van der Waals surface area contributed by atoms with Crippen molar-refractivity contribution in [3.63, 3.8) is 0 Å². The van der Waals surface area contributed by atoms with Crippen LogP contribution in [0.4, 0.5) is 5.95 Å². The van der Waals surface area contributed by atoms with Crippen LogP contribution in [0.2, 0.25) is 0 Å². The fourth-order valence-corrected chi connectivity index (χ4v) is 5.16. The van der Waals surface area contributed by atoms with Gasteiger partial charge in [0.2, 0.25) is 11.8 Å². The van der Waals surface area contributed by atoms with Crippen molar-refractivity contribution >= 4 is 23.9 Å². The smallest absolute Gasteiger partial charge is 0.335 e. The molecule has 2 aromatic carbocycles. The van der Waals surface area contributed by atoms with Gasteiger partial charge in [-0.25, -0.2) is 9.78 Å². The standard InChI is InChI=1S/C28H34N4O4S/c1-17-7-5-8-18(2)25(17)23-15-24(35-16-20(29)14-21-11-12-28(3,4)36-21)31-27(30-23)32-37-22-10-6-9-19(13-22)26(33)34/h5-10,13,15,20-21H,11-12,14,16,29H2,1-4H3,(H,33,34)(H,30,31,32)/t20-,21?/m1/s1. The molecular weight excluding hydrogens is 488 g/mol. The Labute approximate surface area is 222 Å². The van der Waals surface area contributed by atoms with Crippen molar-refractivity contribution < 1.29 is 19.4 Å². The number of carboxylic acids is 1. The van der Waals surface area contributed by atoms with Crippen molar-refractivity contribution in [2.45, 2.75) is 69.6 Å². The van der Waals surface area contributed by atoms with Gasteiger partial charge >= 0.3 is 5.97 Å². The summed E-state index contributed by atoms with van der Waals surface area (Å²) in [5.41, 5.74) is 10.4. The zero-order valence-electron chi connectivity index (χ0n) is 21.7. The first-order valence-corrected chi connectivity index (χ1v) is 13.2. The summed E-state index contributed by atoms with van der Waals surface area (Å²) in [6, 6.07) is 14.4. The average molecular weight is 523 g/mol. The molecule has 0 radical (unpaired) electrons. The zero-order valence-corrected chi connectivity index (χ0v) is 22.5. The number of anilines is 1. The SMILES string of the molecule is Cc1cccc(C)c1-c1cc(OC[C@H](N)CC2CCC(C)(C)O2)nc(NSc2cccc(C(=O)O)c2)n1. The van der Waals surface area contributed by atoms with E-state index in [0.717, 1.165) is 46.5 Å². The van der Waals surface area contributed by atoms with Gasteiger partial charge in [-0.05, 0) is 88.2 Å². The molecule has 1 aromatic heterocycles. The van der Waals surface area contributed by atoms with Crippen molar-refractivity contribution in [1.82, 2.24) is 9.97 Å². The Morgan fingerprint density at radius 3 is 2.62 bits per heavy atom. The molecule has 0 aliphatic carbocycles. The van der Waals surface area contributed by atoms with Gasteiger partial charge in [-0.2, -0.15) is 4.98 Å². The molecule has 37 heavy (non-hydrogen) atoms. The van der Waals surface area contributed by atoms with Gasteiger partial charge in [0.15, 0.2) is 0 Å². The van der Waals surface area contributed by atoms with E-state index in [1.165, 1.54) is 11.9 Å². The minimum absolute atomic E-state index is 0.0968. The second-order valence-electron chi connectivity index (χ2n) is 10.1. The molecule has 4 rings (SSSR count). The number of carboxylic acid groups (broad SMARTS) is 1. The van der Waals surface area contributed by atoms with E-state index in [1.54, 1.807) is 18.2 Å². The summed E-state index contributed by atoms with van der Waals surface area (Å²) in [6.45, 7) is 8.61. The Hall–Kier alpha value is -3.14. The summed E-state index contributed by atoms with van der Waals surface area (Å²) in [5, 5.41) is 9.28. The molecule has 1 fully saturated rings. The van der Waals surface area contributed by atoms with Gasteiger partial charge in [0.25, 0.3) is 0 Å². The van der Waals surface area contributed by atoms with Crippen molar-refractivity contribution in [3.05, 3.63) is 65.2 Å². The summed E-state index contributed by atoms with van der Waals surface area (Å²) in [7, 11) is 0. The van der Waals surface area contributed by atoms with E-state index in [1.807, 2.05) is 44.2 Å². The van der Waals surface area contributed by atoms with E-state index < -0.39 is 5.97 Å². The van der Waals surface area contributed by atoms with E-state index in [4.69, 9.17) is 20.2 Å². The highest BCUT2D eigenvalue weighted by atomic mass is 32.2. The minimum Gasteiger partial charge on any atom is -0.478 e. The first-order chi connectivity index (χ1) is 17.6. The molecule has 0 amide bonds. The normalized spacial score (nSPS) is 17.4. The molecule has 2 atom stereocenters. The number of benzene rings is 2. The maximum atomic E-state index is 11.3. The molecule has 1 aliphatic heterocycles. The number of hydrogen-bond donors (Lipinski definition) is 3. The van der Waals surface area contributed by atoms with Gasteiger partial charge < -0.3 is 20.3 Å². The van der Waals surface area contributed by atoms with Crippen LogP contribution in [0.5, 0.6) is 5.88 Å². The lowest BCUT2D eigenvalue weighted by Crippen LogP contribution is -2.33. The van der Waals surface area contributed by atoms with Crippen LogP contribution >= 0.6 is 11.9 Å². The third-order valence-corrected chi connectivity index (χ3v) is 7.12. The van der Waals surface area contributed by atoms with Crippen molar-refractivity contribution in [2.75, 3.05) is 11.3 Å². The summed E-state index contributed by atoms with van der Waals surface area (Å²) in [6.07, 6.45) is 2.89. The van der Waals surface area contributed by atoms with Crippen LogP contribution in [0.1, 0.15) is 54.6 Å². The number of aromatic carboxylic acids is 1. The fourth-order valence-electron chi connectivity index (χ4n) is 4.53. The summed E-state index contributed by atoms with van der Waals surface area (Å²) < 4.78 is 15.3. The molecule has 0 saturated carbocycles.